The molecule has 3 unspecified atom stereocenters. The lowest BCUT2D eigenvalue weighted by atomic mass is 9.70. The van der Waals surface area contributed by atoms with Crippen molar-refractivity contribution in [3.05, 3.63) is 71.6 Å². The molecule has 1 aliphatic carbocycles. The largest absolute Gasteiger partial charge is 0.391 e. The van der Waals surface area contributed by atoms with Crippen LogP contribution in [0, 0.1) is 23.5 Å². The Kier molecular flexibility index (Phi) is 8.83. The SMILES string of the molecule is CC1CCC(O)(C(CC(O)C(Cc2cc(F)cc(F)c2)NC(=O)c2cnc3ccccc3n2)C(=O)NO)CC1. The van der Waals surface area contributed by atoms with Gasteiger partial charge in [0.05, 0.1) is 40.9 Å². The van der Waals surface area contributed by atoms with Gasteiger partial charge in [-0.1, -0.05) is 19.1 Å². The molecule has 4 rings (SSSR count). The van der Waals surface area contributed by atoms with Gasteiger partial charge < -0.3 is 15.5 Å². The van der Waals surface area contributed by atoms with Gasteiger partial charge in [0, 0.05) is 6.07 Å². The van der Waals surface area contributed by atoms with Gasteiger partial charge in [0.2, 0.25) is 5.91 Å². The van der Waals surface area contributed by atoms with Gasteiger partial charge in [0.1, 0.15) is 17.3 Å². The molecule has 0 aliphatic heterocycles. The van der Waals surface area contributed by atoms with E-state index in [1.807, 2.05) is 6.92 Å². The fraction of sp³-hybridized carbons (Fsp3) is 0.429. The van der Waals surface area contributed by atoms with Crippen molar-refractivity contribution in [2.45, 2.75) is 63.2 Å². The lowest BCUT2D eigenvalue weighted by molar-refractivity contribution is -0.150. The molecule has 0 spiro atoms. The summed E-state index contributed by atoms with van der Waals surface area (Å²) in [7, 11) is 0. The molecule has 208 valence electrons. The number of nitrogens with one attached hydrogen (secondary N) is 2. The Morgan fingerprint density at radius 1 is 1.10 bits per heavy atom. The fourth-order valence-corrected chi connectivity index (χ4v) is 5.24. The van der Waals surface area contributed by atoms with Crippen molar-refractivity contribution in [1.29, 1.82) is 0 Å². The standard InChI is InChI=1S/C28H32F2N4O5/c1-16-6-8-28(38,9-7-16)20(26(36)34-39)14-25(35)23(12-17-10-18(29)13-19(30)11-17)33-27(37)24-15-31-21-4-2-3-5-22(21)32-24/h2-5,10-11,13,15-16,20,23,25,35,38-39H,6-9,12,14H2,1H3,(H,33,37)(H,34,36). The summed E-state index contributed by atoms with van der Waals surface area (Å²) in [6.45, 7) is 2.04. The number of rotatable bonds is 9. The van der Waals surface area contributed by atoms with Gasteiger partial charge in [0.15, 0.2) is 0 Å². The molecule has 0 saturated heterocycles. The van der Waals surface area contributed by atoms with Crippen LogP contribution < -0.4 is 10.8 Å². The summed E-state index contributed by atoms with van der Waals surface area (Å²) in [6.07, 6.45) is 1.21. The molecule has 1 fully saturated rings. The summed E-state index contributed by atoms with van der Waals surface area (Å²) < 4.78 is 27.8. The van der Waals surface area contributed by atoms with Crippen molar-refractivity contribution in [3.8, 4) is 0 Å². The monoisotopic (exact) mass is 542 g/mol. The van der Waals surface area contributed by atoms with E-state index in [9.17, 15) is 33.8 Å². The van der Waals surface area contributed by atoms with Crippen LogP contribution in [0.15, 0.2) is 48.7 Å². The average molecular weight is 543 g/mol. The Bertz CT molecular complexity index is 1310. The van der Waals surface area contributed by atoms with E-state index in [0.717, 1.165) is 12.1 Å². The van der Waals surface area contributed by atoms with Crippen LogP contribution in [0.2, 0.25) is 0 Å². The zero-order valence-electron chi connectivity index (χ0n) is 21.5. The number of benzene rings is 2. The second-order valence-corrected chi connectivity index (χ2v) is 10.4. The molecule has 5 N–H and O–H groups in total. The molecular formula is C28H32F2N4O5. The zero-order chi connectivity index (χ0) is 28.2. The smallest absolute Gasteiger partial charge is 0.271 e. The first kappa shape index (κ1) is 28.5. The molecule has 0 bridgehead atoms. The molecule has 1 saturated carbocycles. The average Bonchev–Trinajstić information content (AvgIpc) is 2.91. The normalized spacial score (nSPS) is 21.6. The van der Waals surface area contributed by atoms with Crippen molar-refractivity contribution >= 4 is 22.8 Å². The van der Waals surface area contributed by atoms with E-state index in [0.29, 0.717) is 35.9 Å². The highest BCUT2D eigenvalue weighted by atomic mass is 19.1. The number of nitrogens with zero attached hydrogens (tertiary/aromatic N) is 2. The summed E-state index contributed by atoms with van der Waals surface area (Å²) in [5, 5.41) is 34.6. The highest BCUT2D eigenvalue weighted by Crippen LogP contribution is 2.39. The van der Waals surface area contributed by atoms with E-state index in [1.165, 1.54) is 6.20 Å². The van der Waals surface area contributed by atoms with Gasteiger partial charge in [-0.3, -0.25) is 19.8 Å². The minimum absolute atomic E-state index is 0.0409. The number of amides is 2. The van der Waals surface area contributed by atoms with E-state index < -0.39 is 47.1 Å². The maximum absolute atomic E-state index is 13.9. The Hall–Kier alpha value is -3.54. The van der Waals surface area contributed by atoms with Crippen LogP contribution in [0.1, 0.15) is 55.1 Å². The Labute approximate surface area is 224 Å². The Balaban J connectivity index is 1.61. The van der Waals surface area contributed by atoms with E-state index >= 15 is 0 Å². The van der Waals surface area contributed by atoms with E-state index in [-0.39, 0.29) is 36.9 Å². The number of fused-ring (bicyclic) bond motifs is 1. The van der Waals surface area contributed by atoms with Crippen molar-refractivity contribution in [2.75, 3.05) is 0 Å². The number of aliphatic hydroxyl groups is 2. The van der Waals surface area contributed by atoms with Crippen LogP contribution in [0.4, 0.5) is 8.78 Å². The van der Waals surface area contributed by atoms with Crippen LogP contribution in [-0.4, -0.2) is 54.9 Å². The highest BCUT2D eigenvalue weighted by Gasteiger charge is 2.45. The third kappa shape index (κ3) is 6.92. The third-order valence-corrected chi connectivity index (χ3v) is 7.53. The molecule has 2 aromatic carbocycles. The van der Waals surface area contributed by atoms with Crippen molar-refractivity contribution in [3.63, 3.8) is 0 Å². The van der Waals surface area contributed by atoms with E-state index in [1.54, 1.807) is 29.7 Å². The van der Waals surface area contributed by atoms with E-state index in [4.69, 9.17) is 0 Å². The molecule has 11 heteroatoms. The summed E-state index contributed by atoms with van der Waals surface area (Å²) in [4.78, 5) is 34.3. The second-order valence-electron chi connectivity index (χ2n) is 10.4. The van der Waals surface area contributed by atoms with E-state index in [2.05, 4.69) is 15.3 Å². The topological polar surface area (TPSA) is 145 Å². The maximum Gasteiger partial charge on any atom is 0.271 e. The van der Waals surface area contributed by atoms with Crippen LogP contribution in [0.3, 0.4) is 0 Å². The molecular weight excluding hydrogens is 510 g/mol. The van der Waals surface area contributed by atoms with Crippen LogP contribution in [0.25, 0.3) is 11.0 Å². The summed E-state index contributed by atoms with van der Waals surface area (Å²) in [5.74, 6) is -4.06. The van der Waals surface area contributed by atoms with Gasteiger partial charge in [-0.25, -0.2) is 19.2 Å². The molecule has 9 nitrogen and oxygen atoms in total. The summed E-state index contributed by atoms with van der Waals surface area (Å²) in [5.41, 5.74) is 1.27. The zero-order valence-corrected chi connectivity index (χ0v) is 21.5. The summed E-state index contributed by atoms with van der Waals surface area (Å²) >= 11 is 0. The fourth-order valence-electron chi connectivity index (χ4n) is 5.24. The summed E-state index contributed by atoms with van der Waals surface area (Å²) in [6, 6.07) is 8.68. The van der Waals surface area contributed by atoms with Crippen LogP contribution in [-0.2, 0) is 11.2 Å². The molecule has 1 aliphatic rings. The number of carbonyl (C=O) groups excluding carboxylic acids is 2. The Morgan fingerprint density at radius 2 is 1.74 bits per heavy atom. The van der Waals surface area contributed by atoms with Gasteiger partial charge in [-0.05, 0) is 74.3 Å². The number of halogens is 2. The highest BCUT2D eigenvalue weighted by molar-refractivity contribution is 5.94. The lowest BCUT2D eigenvalue weighted by Gasteiger charge is -2.41. The van der Waals surface area contributed by atoms with Gasteiger partial charge in [0.25, 0.3) is 5.91 Å². The first-order chi connectivity index (χ1) is 18.6. The predicted molar refractivity (Wildman–Crippen MR) is 137 cm³/mol. The molecule has 0 radical (unpaired) electrons. The number of aliphatic hydroxyl groups excluding tert-OH is 1. The first-order valence-electron chi connectivity index (χ1n) is 12.9. The first-order valence-corrected chi connectivity index (χ1v) is 12.9. The van der Waals surface area contributed by atoms with Gasteiger partial charge in [-0.2, -0.15) is 0 Å². The van der Waals surface area contributed by atoms with Gasteiger partial charge in [-0.15, -0.1) is 0 Å². The number of aromatic nitrogens is 2. The number of carbonyl (C=O) groups is 2. The quantitative estimate of drug-likeness (QED) is 0.206. The van der Waals surface area contributed by atoms with Crippen molar-refractivity contribution < 1.29 is 33.8 Å². The van der Waals surface area contributed by atoms with Crippen molar-refractivity contribution in [2.24, 2.45) is 11.8 Å². The third-order valence-electron chi connectivity index (χ3n) is 7.53. The predicted octanol–water partition coefficient (Wildman–Crippen LogP) is 3.06. The minimum atomic E-state index is -1.48. The molecule has 39 heavy (non-hydrogen) atoms. The van der Waals surface area contributed by atoms with Crippen molar-refractivity contribution in [1.82, 2.24) is 20.8 Å². The minimum Gasteiger partial charge on any atom is -0.391 e. The molecule has 3 atom stereocenters. The number of para-hydroxylation sites is 2. The van der Waals surface area contributed by atoms with Crippen LogP contribution >= 0.6 is 0 Å². The van der Waals surface area contributed by atoms with Gasteiger partial charge >= 0.3 is 0 Å². The number of hydrogen-bond acceptors (Lipinski definition) is 7. The van der Waals surface area contributed by atoms with Crippen LogP contribution in [0.5, 0.6) is 0 Å². The molecule has 2 amide bonds. The molecule has 1 heterocycles. The maximum atomic E-state index is 13.9. The molecule has 3 aromatic rings. The lowest BCUT2D eigenvalue weighted by Crippen LogP contribution is -2.52. The Morgan fingerprint density at radius 3 is 2.38 bits per heavy atom. The number of hydrogen-bond donors (Lipinski definition) is 5. The second kappa shape index (κ2) is 12.1. The number of hydroxylamine groups is 1. The molecule has 1 aromatic heterocycles.